The van der Waals surface area contributed by atoms with Crippen LogP contribution in [-0.4, -0.2) is 4.92 Å². The Morgan fingerprint density at radius 2 is 1.56 bits per heavy atom. The van der Waals surface area contributed by atoms with Gasteiger partial charge in [-0.25, -0.2) is 0 Å². The highest BCUT2D eigenvalue weighted by molar-refractivity contribution is 5.73. The first-order chi connectivity index (χ1) is 8.49. The zero-order valence-electron chi connectivity index (χ0n) is 10.3. The Balaban J connectivity index is 2.54. The summed E-state index contributed by atoms with van der Waals surface area (Å²) in [5, 5.41) is 10.7. The van der Waals surface area contributed by atoms with E-state index in [1.807, 2.05) is 32.0 Å². The molecule has 0 saturated carbocycles. The number of nitro benzene ring substituents is 1. The van der Waals surface area contributed by atoms with Gasteiger partial charge >= 0.3 is 0 Å². The van der Waals surface area contributed by atoms with Gasteiger partial charge < -0.3 is 5.73 Å². The van der Waals surface area contributed by atoms with E-state index in [0.717, 1.165) is 27.9 Å². The standard InChI is InChI=1S/C14H14N2O2/c1-9-7-11(15)3-5-13(9)14-6-4-12(16(17)18)8-10(14)2/h3-8H,15H2,1-2H3. The summed E-state index contributed by atoms with van der Waals surface area (Å²) in [6, 6.07) is 10.6. The molecule has 2 N–H and O–H groups in total. The van der Waals surface area contributed by atoms with Crippen LogP contribution in [0.1, 0.15) is 11.1 Å². The fraction of sp³-hybridized carbons (Fsp3) is 0.143. The Hall–Kier alpha value is -2.36. The lowest BCUT2D eigenvalue weighted by Gasteiger charge is -2.09. The summed E-state index contributed by atoms with van der Waals surface area (Å²) in [7, 11) is 0. The van der Waals surface area contributed by atoms with Gasteiger partial charge in [0.15, 0.2) is 0 Å². The van der Waals surface area contributed by atoms with E-state index in [2.05, 4.69) is 0 Å². The molecule has 0 aromatic heterocycles. The van der Waals surface area contributed by atoms with E-state index in [0.29, 0.717) is 0 Å². The quantitative estimate of drug-likeness (QED) is 0.498. The molecule has 0 aliphatic rings. The van der Waals surface area contributed by atoms with Gasteiger partial charge in [-0.1, -0.05) is 6.07 Å². The molecule has 0 amide bonds. The maximum Gasteiger partial charge on any atom is 0.269 e. The van der Waals surface area contributed by atoms with Gasteiger partial charge in [0.05, 0.1) is 4.92 Å². The van der Waals surface area contributed by atoms with E-state index in [1.165, 1.54) is 6.07 Å². The molecule has 0 radical (unpaired) electrons. The van der Waals surface area contributed by atoms with Crippen LogP contribution in [0.2, 0.25) is 0 Å². The van der Waals surface area contributed by atoms with Gasteiger partial charge in [0.2, 0.25) is 0 Å². The summed E-state index contributed by atoms with van der Waals surface area (Å²) in [5.41, 5.74) is 10.6. The molecule has 4 nitrogen and oxygen atoms in total. The highest BCUT2D eigenvalue weighted by atomic mass is 16.6. The number of anilines is 1. The molecular weight excluding hydrogens is 228 g/mol. The van der Waals surface area contributed by atoms with E-state index in [9.17, 15) is 10.1 Å². The average molecular weight is 242 g/mol. The van der Waals surface area contributed by atoms with Crippen LogP contribution in [-0.2, 0) is 0 Å². The van der Waals surface area contributed by atoms with E-state index in [-0.39, 0.29) is 10.6 Å². The topological polar surface area (TPSA) is 69.2 Å². The zero-order chi connectivity index (χ0) is 13.3. The third-order valence-corrected chi connectivity index (χ3v) is 2.96. The molecule has 0 aliphatic carbocycles. The van der Waals surface area contributed by atoms with Crippen molar-refractivity contribution >= 4 is 11.4 Å². The molecule has 2 aromatic carbocycles. The Morgan fingerprint density at radius 1 is 1.00 bits per heavy atom. The van der Waals surface area contributed by atoms with E-state index < -0.39 is 0 Å². The normalized spacial score (nSPS) is 10.3. The molecular formula is C14H14N2O2. The number of nitro groups is 1. The highest BCUT2D eigenvalue weighted by Gasteiger charge is 2.10. The minimum atomic E-state index is -0.382. The zero-order valence-corrected chi connectivity index (χ0v) is 10.3. The van der Waals surface area contributed by atoms with Gasteiger partial charge in [0, 0.05) is 17.8 Å². The molecule has 2 aromatic rings. The Labute approximate surface area is 105 Å². The fourth-order valence-corrected chi connectivity index (χ4v) is 2.05. The predicted octanol–water partition coefficient (Wildman–Crippen LogP) is 3.46. The van der Waals surface area contributed by atoms with E-state index in [4.69, 9.17) is 5.73 Å². The SMILES string of the molecule is Cc1cc(N)ccc1-c1ccc([N+](=O)[O-])cc1C. The molecule has 0 atom stereocenters. The summed E-state index contributed by atoms with van der Waals surface area (Å²) in [4.78, 5) is 10.3. The van der Waals surface area contributed by atoms with Crippen LogP contribution in [0.4, 0.5) is 11.4 Å². The monoisotopic (exact) mass is 242 g/mol. The highest BCUT2D eigenvalue weighted by Crippen LogP contribution is 2.30. The Kier molecular flexibility index (Phi) is 3.02. The molecule has 0 spiro atoms. The molecule has 0 fully saturated rings. The molecule has 4 heteroatoms. The largest absolute Gasteiger partial charge is 0.399 e. The van der Waals surface area contributed by atoms with Crippen molar-refractivity contribution in [2.75, 3.05) is 5.73 Å². The molecule has 0 bridgehead atoms. The number of non-ortho nitro benzene ring substituents is 1. The number of nitrogen functional groups attached to an aromatic ring is 1. The van der Waals surface area contributed by atoms with E-state index >= 15 is 0 Å². The summed E-state index contributed by atoms with van der Waals surface area (Å²) in [5.74, 6) is 0. The summed E-state index contributed by atoms with van der Waals surface area (Å²) >= 11 is 0. The fourth-order valence-electron chi connectivity index (χ4n) is 2.05. The van der Waals surface area contributed by atoms with Crippen molar-refractivity contribution in [2.24, 2.45) is 0 Å². The molecule has 2 rings (SSSR count). The maximum absolute atomic E-state index is 10.7. The number of rotatable bonds is 2. The van der Waals surface area contributed by atoms with Crippen LogP contribution in [0.5, 0.6) is 0 Å². The van der Waals surface area contributed by atoms with Crippen LogP contribution in [0.3, 0.4) is 0 Å². The maximum atomic E-state index is 10.7. The van der Waals surface area contributed by atoms with Crippen molar-refractivity contribution in [3.8, 4) is 11.1 Å². The lowest BCUT2D eigenvalue weighted by atomic mass is 9.96. The van der Waals surface area contributed by atoms with Crippen LogP contribution < -0.4 is 5.73 Å². The van der Waals surface area contributed by atoms with Crippen molar-refractivity contribution < 1.29 is 4.92 Å². The lowest BCUT2D eigenvalue weighted by molar-refractivity contribution is -0.384. The number of nitrogens with zero attached hydrogens (tertiary/aromatic N) is 1. The lowest BCUT2D eigenvalue weighted by Crippen LogP contribution is -1.93. The summed E-state index contributed by atoms with van der Waals surface area (Å²) in [6.45, 7) is 3.85. The third kappa shape index (κ3) is 2.18. The van der Waals surface area contributed by atoms with Crippen LogP contribution >= 0.6 is 0 Å². The van der Waals surface area contributed by atoms with Crippen molar-refractivity contribution in [1.82, 2.24) is 0 Å². The third-order valence-electron chi connectivity index (χ3n) is 2.96. The van der Waals surface area contributed by atoms with Gasteiger partial charge in [0.1, 0.15) is 0 Å². The van der Waals surface area contributed by atoms with Crippen LogP contribution in [0.15, 0.2) is 36.4 Å². The van der Waals surface area contributed by atoms with E-state index in [1.54, 1.807) is 12.1 Å². The van der Waals surface area contributed by atoms with Crippen molar-refractivity contribution in [3.63, 3.8) is 0 Å². The van der Waals surface area contributed by atoms with Gasteiger partial charge in [-0.3, -0.25) is 10.1 Å². The minimum absolute atomic E-state index is 0.115. The van der Waals surface area contributed by atoms with Gasteiger partial charge in [-0.05, 0) is 54.3 Å². The first kappa shape index (κ1) is 12.1. The second-order valence-electron chi connectivity index (χ2n) is 4.33. The predicted molar refractivity (Wildman–Crippen MR) is 72.4 cm³/mol. The summed E-state index contributed by atoms with van der Waals surface area (Å²) < 4.78 is 0. The summed E-state index contributed by atoms with van der Waals surface area (Å²) in [6.07, 6.45) is 0. The second kappa shape index (κ2) is 4.49. The molecule has 0 aliphatic heterocycles. The number of hydrogen-bond acceptors (Lipinski definition) is 3. The van der Waals surface area contributed by atoms with Crippen LogP contribution in [0.25, 0.3) is 11.1 Å². The van der Waals surface area contributed by atoms with Crippen molar-refractivity contribution in [2.45, 2.75) is 13.8 Å². The number of hydrogen-bond donors (Lipinski definition) is 1. The molecule has 0 saturated heterocycles. The van der Waals surface area contributed by atoms with Crippen molar-refractivity contribution in [1.29, 1.82) is 0 Å². The number of aryl methyl sites for hydroxylation is 2. The second-order valence-corrected chi connectivity index (χ2v) is 4.33. The Morgan fingerprint density at radius 3 is 2.06 bits per heavy atom. The number of benzene rings is 2. The smallest absolute Gasteiger partial charge is 0.269 e. The minimum Gasteiger partial charge on any atom is -0.399 e. The average Bonchev–Trinajstić information content (AvgIpc) is 2.30. The number of nitrogens with two attached hydrogens (primary N) is 1. The first-order valence-corrected chi connectivity index (χ1v) is 5.60. The van der Waals surface area contributed by atoms with Gasteiger partial charge in [-0.15, -0.1) is 0 Å². The molecule has 18 heavy (non-hydrogen) atoms. The first-order valence-electron chi connectivity index (χ1n) is 5.60. The molecule has 0 unspecified atom stereocenters. The van der Waals surface area contributed by atoms with Gasteiger partial charge in [0.25, 0.3) is 5.69 Å². The molecule has 92 valence electrons. The van der Waals surface area contributed by atoms with Gasteiger partial charge in [-0.2, -0.15) is 0 Å². The molecule has 0 heterocycles. The van der Waals surface area contributed by atoms with Crippen LogP contribution in [0, 0.1) is 24.0 Å². The van der Waals surface area contributed by atoms with Crippen molar-refractivity contribution in [3.05, 3.63) is 57.6 Å². The Bertz CT molecular complexity index is 621.